The maximum atomic E-state index is 15.2. The SMILES string of the molecule is CCCCC[C@H]1CC[C@H](c2ccc3c(F)c(-c4ccc(Cl)cc4)ccc3c2)CC1. The molecular formula is C27H30ClF. The van der Waals surface area contributed by atoms with Gasteiger partial charge in [0.15, 0.2) is 0 Å². The first kappa shape index (κ1) is 20.4. The highest BCUT2D eigenvalue weighted by Gasteiger charge is 2.22. The molecule has 1 fully saturated rings. The second-order valence-corrected chi connectivity index (χ2v) is 9.06. The molecule has 0 bridgehead atoms. The van der Waals surface area contributed by atoms with Gasteiger partial charge < -0.3 is 0 Å². The summed E-state index contributed by atoms with van der Waals surface area (Å²) in [5.41, 5.74) is 2.87. The molecule has 2 heteroatoms. The van der Waals surface area contributed by atoms with E-state index >= 15 is 4.39 Å². The first-order chi connectivity index (χ1) is 14.2. The Morgan fingerprint density at radius 1 is 0.897 bits per heavy atom. The molecule has 0 aromatic heterocycles. The standard InChI is InChI=1S/C27H30ClF/c1-2-3-4-5-19-6-8-20(9-7-19)22-12-16-26-23(18-22)13-17-25(27(26)29)21-10-14-24(28)15-11-21/h10-20H,2-9H2,1H3/t19-,20-. The van der Waals surface area contributed by atoms with E-state index in [0.717, 1.165) is 16.9 Å². The summed E-state index contributed by atoms with van der Waals surface area (Å²) in [5, 5.41) is 2.37. The summed E-state index contributed by atoms with van der Waals surface area (Å²) in [4.78, 5) is 0. The topological polar surface area (TPSA) is 0 Å². The molecule has 0 aliphatic heterocycles. The molecule has 0 amide bonds. The fourth-order valence-corrected chi connectivity index (χ4v) is 5.01. The molecule has 0 heterocycles. The molecule has 1 aliphatic carbocycles. The molecule has 1 saturated carbocycles. The summed E-state index contributed by atoms with van der Waals surface area (Å²) >= 11 is 5.97. The van der Waals surface area contributed by atoms with E-state index in [0.29, 0.717) is 21.9 Å². The van der Waals surface area contributed by atoms with E-state index in [4.69, 9.17) is 11.6 Å². The molecule has 0 spiro atoms. The molecule has 0 unspecified atom stereocenters. The first-order valence-electron chi connectivity index (χ1n) is 11.1. The number of fused-ring (bicyclic) bond motifs is 1. The van der Waals surface area contributed by atoms with Gasteiger partial charge in [-0.15, -0.1) is 0 Å². The number of hydrogen-bond acceptors (Lipinski definition) is 0. The van der Waals surface area contributed by atoms with Crippen molar-refractivity contribution in [3.63, 3.8) is 0 Å². The first-order valence-corrected chi connectivity index (χ1v) is 11.5. The minimum Gasteiger partial charge on any atom is -0.206 e. The van der Waals surface area contributed by atoms with Crippen LogP contribution in [0, 0.1) is 11.7 Å². The molecule has 0 atom stereocenters. The van der Waals surface area contributed by atoms with E-state index in [9.17, 15) is 0 Å². The molecule has 3 aromatic rings. The van der Waals surface area contributed by atoms with Crippen LogP contribution in [0.4, 0.5) is 4.39 Å². The van der Waals surface area contributed by atoms with E-state index in [2.05, 4.69) is 25.1 Å². The number of halogens is 2. The molecule has 3 aromatic carbocycles. The summed E-state index contributed by atoms with van der Waals surface area (Å²) in [7, 11) is 0. The van der Waals surface area contributed by atoms with Crippen LogP contribution in [0.25, 0.3) is 21.9 Å². The molecule has 29 heavy (non-hydrogen) atoms. The third-order valence-corrected chi connectivity index (χ3v) is 6.92. The minimum absolute atomic E-state index is 0.143. The molecular weight excluding hydrogens is 379 g/mol. The number of hydrogen-bond donors (Lipinski definition) is 0. The monoisotopic (exact) mass is 408 g/mol. The van der Waals surface area contributed by atoms with Crippen molar-refractivity contribution < 1.29 is 4.39 Å². The van der Waals surface area contributed by atoms with Gasteiger partial charge in [0, 0.05) is 16.0 Å². The van der Waals surface area contributed by atoms with E-state index < -0.39 is 0 Å². The van der Waals surface area contributed by atoms with Crippen molar-refractivity contribution in [3.05, 3.63) is 71.0 Å². The van der Waals surface area contributed by atoms with Crippen molar-refractivity contribution in [3.8, 4) is 11.1 Å². The normalized spacial score (nSPS) is 19.6. The van der Waals surface area contributed by atoms with Crippen LogP contribution in [0.5, 0.6) is 0 Å². The van der Waals surface area contributed by atoms with Gasteiger partial charge in [0.05, 0.1) is 0 Å². The average Bonchev–Trinajstić information content (AvgIpc) is 2.75. The summed E-state index contributed by atoms with van der Waals surface area (Å²) < 4.78 is 15.2. The van der Waals surface area contributed by atoms with Crippen molar-refractivity contribution in [1.82, 2.24) is 0 Å². The molecule has 0 saturated heterocycles. The highest BCUT2D eigenvalue weighted by atomic mass is 35.5. The molecule has 152 valence electrons. The Morgan fingerprint density at radius 3 is 2.38 bits per heavy atom. The second kappa shape index (κ2) is 9.30. The van der Waals surface area contributed by atoms with Crippen LogP contribution >= 0.6 is 11.6 Å². The number of benzene rings is 3. The highest BCUT2D eigenvalue weighted by molar-refractivity contribution is 6.30. The van der Waals surface area contributed by atoms with Crippen molar-refractivity contribution >= 4 is 22.4 Å². The van der Waals surface area contributed by atoms with Crippen molar-refractivity contribution in [1.29, 1.82) is 0 Å². The molecule has 4 rings (SSSR count). The van der Waals surface area contributed by atoms with Crippen LogP contribution in [0.15, 0.2) is 54.6 Å². The molecule has 0 N–H and O–H groups in total. The van der Waals surface area contributed by atoms with Gasteiger partial charge in [-0.05, 0) is 66.2 Å². The fraction of sp³-hybridized carbons (Fsp3) is 0.407. The largest absolute Gasteiger partial charge is 0.206 e. The van der Waals surface area contributed by atoms with Gasteiger partial charge in [0.1, 0.15) is 5.82 Å². The predicted octanol–water partition coefficient (Wildman–Crippen LogP) is 9.15. The van der Waals surface area contributed by atoms with Gasteiger partial charge in [-0.2, -0.15) is 0 Å². The van der Waals surface area contributed by atoms with Crippen molar-refractivity contribution in [2.75, 3.05) is 0 Å². The Kier molecular flexibility index (Phi) is 6.55. The maximum absolute atomic E-state index is 15.2. The van der Waals surface area contributed by atoms with Crippen LogP contribution in [-0.4, -0.2) is 0 Å². The predicted molar refractivity (Wildman–Crippen MR) is 123 cm³/mol. The Bertz CT molecular complexity index is 952. The van der Waals surface area contributed by atoms with Gasteiger partial charge in [-0.25, -0.2) is 4.39 Å². The second-order valence-electron chi connectivity index (χ2n) is 8.63. The van der Waals surface area contributed by atoms with Gasteiger partial charge in [0.2, 0.25) is 0 Å². The lowest BCUT2D eigenvalue weighted by atomic mass is 9.76. The van der Waals surface area contributed by atoms with Gasteiger partial charge >= 0.3 is 0 Å². The summed E-state index contributed by atoms with van der Waals surface area (Å²) in [6.07, 6.45) is 10.7. The fourth-order valence-electron chi connectivity index (χ4n) is 4.88. The van der Waals surface area contributed by atoms with Gasteiger partial charge in [-0.1, -0.05) is 86.7 Å². The zero-order chi connectivity index (χ0) is 20.2. The average molecular weight is 409 g/mol. The highest BCUT2D eigenvalue weighted by Crippen LogP contribution is 2.39. The van der Waals surface area contributed by atoms with Crippen LogP contribution < -0.4 is 0 Å². The Balaban J connectivity index is 1.50. The Morgan fingerprint density at radius 2 is 1.66 bits per heavy atom. The lowest BCUT2D eigenvalue weighted by Gasteiger charge is -2.29. The number of rotatable bonds is 6. The summed E-state index contributed by atoms with van der Waals surface area (Å²) in [6, 6.07) is 17.7. The van der Waals surface area contributed by atoms with Crippen LogP contribution in [0.3, 0.4) is 0 Å². The third kappa shape index (κ3) is 4.67. The van der Waals surface area contributed by atoms with Crippen LogP contribution in [0.1, 0.15) is 69.8 Å². The van der Waals surface area contributed by atoms with E-state index in [1.165, 1.54) is 56.9 Å². The number of unbranched alkanes of at least 4 members (excludes halogenated alkanes) is 2. The maximum Gasteiger partial charge on any atom is 0.138 e. The van der Waals surface area contributed by atoms with Crippen LogP contribution in [-0.2, 0) is 0 Å². The zero-order valence-electron chi connectivity index (χ0n) is 17.3. The van der Waals surface area contributed by atoms with Crippen LogP contribution in [0.2, 0.25) is 5.02 Å². The quantitative estimate of drug-likeness (QED) is 0.356. The van der Waals surface area contributed by atoms with E-state index in [-0.39, 0.29) is 5.82 Å². The van der Waals surface area contributed by atoms with Crippen molar-refractivity contribution in [2.24, 2.45) is 5.92 Å². The lowest BCUT2D eigenvalue weighted by Crippen LogP contribution is -2.13. The lowest BCUT2D eigenvalue weighted by molar-refractivity contribution is 0.303. The molecule has 0 nitrogen and oxygen atoms in total. The van der Waals surface area contributed by atoms with E-state index in [1.807, 2.05) is 36.4 Å². The van der Waals surface area contributed by atoms with E-state index in [1.54, 1.807) is 0 Å². The van der Waals surface area contributed by atoms with Gasteiger partial charge in [-0.3, -0.25) is 0 Å². The van der Waals surface area contributed by atoms with Gasteiger partial charge in [0.25, 0.3) is 0 Å². The summed E-state index contributed by atoms with van der Waals surface area (Å²) in [6.45, 7) is 2.28. The molecule has 1 aliphatic rings. The minimum atomic E-state index is -0.143. The smallest absolute Gasteiger partial charge is 0.138 e. The Hall–Kier alpha value is -1.86. The Labute approximate surface area is 179 Å². The zero-order valence-corrected chi connectivity index (χ0v) is 18.0. The summed E-state index contributed by atoms with van der Waals surface area (Å²) in [5.74, 6) is 1.40. The molecule has 0 radical (unpaired) electrons. The third-order valence-electron chi connectivity index (χ3n) is 6.67. The van der Waals surface area contributed by atoms with Crippen molar-refractivity contribution in [2.45, 2.75) is 64.2 Å².